The largest absolute Gasteiger partial charge is 0.425 e. The molecule has 2 aromatic heterocycles. The van der Waals surface area contributed by atoms with Gasteiger partial charge in [0.05, 0.1) is 11.0 Å². The van der Waals surface area contributed by atoms with Gasteiger partial charge in [-0.2, -0.15) is 13.2 Å². The standard InChI is InChI=1S/C25H19F4N3O/c1-32-14-19(18-4-2-3-5-22(18)32)24(33,25(27,28)29)16-8-11-20-21(13-16)31-23(30-20)12-15-6-9-17(26)10-7-15/h2-11,13-14,33H,12H2,1H3,(H,30,31). The number of benzene rings is 3. The number of hydrogen-bond donors (Lipinski definition) is 2. The van der Waals surface area contributed by atoms with E-state index in [1.165, 1.54) is 36.5 Å². The van der Waals surface area contributed by atoms with Crippen LogP contribution in [-0.4, -0.2) is 25.8 Å². The van der Waals surface area contributed by atoms with Crippen LogP contribution in [0.3, 0.4) is 0 Å². The number of hydrogen-bond acceptors (Lipinski definition) is 2. The zero-order valence-corrected chi connectivity index (χ0v) is 17.5. The highest BCUT2D eigenvalue weighted by molar-refractivity contribution is 5.86. The second-order valence-electron chi connectivity index (χ2n) is 8.10. The van der Waals surface area contributed by atoms with Crippen LogP contribution in [0.2, 0.25) is 0 Å². The number of H-pyrrole nitrogens is 1. The van der Waals surface area contributed by atoms with E-state index in [1.807, 2.05) is 0 Å². The van der Waals surface area contributed by atoms with Gasteiger partial charge in [0, 0.05) is 36.1 Å². The van der Waals surface area contributed by atoms with E-state index in [0.717, 1.165) is 5.56 Å². The maximum absolute atomic E-state index is 14.4. The first-order chi connectivity index (χ1) is 15.7. The fourth-order valence-corrected chi connectivity index (χ4v) is 4.27. The summed E-state index contributed by atoms with van der Waals surface area (Å²) in [6.45, 7) is 0. The summed E-state index contributed by atoms with van der Waals surface area (Å²) in [4.78, 5) is 7.45. The predicted octanol–water partition coefficient (Wildman–Crippen LogP) is 5.58. The predicted molar refractivity (Wildman–Crippen MR) is 117 cm³/mol. The molecule has 0 fully saturated rings. The van der Waals surface area contributed by atoms with Crippen molar-refractivity contribution in [2.75, 3.05) is 0 Å². The molecule has 5 aromatic rings. The minimum atomic E-state index is -4.97. The first-order valence-corrected chi connectivity index (χ1v) is 10.2. The second-order valence-corrected chi connectivity index (χ2v) is 8.10. The van der Waals surface area contributed by atoms with E-state index in [4.69, 9.17) is 0 Å². The second kappa shape index (κ2) is 7.45. The Labute approximate surface area is 186 Å². The number of aryl methyl sites for hydroxylation is 1. The van der Waals surface area contributed by atoms with Crippen LogP contribution < -0.4 is 0 Å². The quantitative estimate of drug-likeness (QED) is 0.349. The van der Waals surface area contributed by atoms with Crippen molar-refractivity contribution in [3.8, 4) is 0 Å². The molecule has 0 aliphatic carbocycles. The molecule has 3 aromatic carbocycles. The van der Waals surface area contributed by atoms with Crippen molar-refractivity contribution < 1.29 is 22.7 Å². The topological polar surface area (TPSA) is 53.8 Å². The minimum Gasteiger partial charge on any atom is -0.372 e. The van der Waals surface area contributed by atoms with E-state index in [-0.39, 0.29) is 16.9 Å². The molecular weight excluding hydrogens is 434 g/mol. The zero-order valence-electron chi connectivity index (χ0n) is 17.5. The van der Waals surface area contributed by atoms with Gasteiger partial charge in [0.25, 0.3) is 0 Å². The highest BCUT2D eigenvalue weighted by atomic mass is 19.4. The number of aromatic amines is 1. The number of aromatic nitrogens is 3. The van der Waals surface area contributed by atoms with E-state index in [0.29, 0.717) is 34.2 Å². The molecule has 0 aliphatic rings. The molecule has 168 valence electrons. The van der Waals surface area contributed by atoms with Crippen molar-refractivity contribution in [2.45, 2.75) is 18.2 Å². The Balaban J connectivity index is 1.62. The first kappa shape index (κ1) is 21.2. The van der Waals surface area contributed by atoms with Gasteiger partial charge in [0.1, 0.15) is 11.6 Å². The van der Waals surface area contributed by atoms with Gasteiger partial charge in [-0.25, -0.2) is 9.37 Å². The maximum Gasteiger partial charge on any atom is 0.425 e. The lowest BCUT2D eigenvalue weighted by Gasteiger charge is -2.31. The van der Waals surface area contributed by atoms with E-state index >= 15 is 0 Å². The van der Waals surface area contributed by atoms with Crippen LogP contribution in [0.4, 0.5) is 17.6 Å². The number of aliphatic hydroxyl groups is 1. The van der Waals surface area contributed by atoms with Crippen molar-refractivity contribution >= 4 is 21.9 Å². The molecule has 0 amide bonds. The van der Waals surface area contributed by atoms with E-state index < -0.39 is 11.8 Å². The number of nitrogens with one attached hydrogen (secondary N) is 1. The lowest BCUT2D eigenvalue weighted by molar-refractivity contribution is -0.247. The average molecular weight is 453 g/mol. The van der Waals surface area contributed by atoms with E-state index in [9.17, 15) is 22.7 Å². The molecule has 0 spiro atoms. The Bertz CT molecular complexity index is 1470. The number of rotatable bonds is 4. The lowest BCUT2D eigenvalue weighted by atomic mass is 9.85. The molecule has 0 bridgehead atoms. The van der Waals surface area contributed by atoms with Crippen LogP contribution in [-0.2, 0) is 19.1 Å². The summed E-state index contributed by atoms with van der Waals surface area (Å²) in [6, 6.07) is 16.6. The molecule has 0 saturated carbocycles. The zero-order chi connectivity index (χ0) is 23.4. The number of halogens is 4. The highest BCUT2D eigenvalue weighted by Crippen LogP contribution is 2.47. The smallest absolute Gasteiger partial charge is 0.372 e. The molecule has 1 atom stereocenters. The number of nitrogens with zero attached hydrogens (tertiary/aromatic N) is 2. The number of alkyl halides is 3. The molecule has 0 saturated heterocycles. The first-order valence-electron chi connectivity index (χ1n) is 10.2. The van der Waals surface area contributed by atoms with Gasteiger partial charge < -0.3 is 14.7 Å². The van der Waals surface area contributed by atoms with Crippen molar-refractivity contribution in [1.29, 1.82) is 0 Å². The Morgan fingerprint density at radius 3 is 2.45 bits per heavy atom. The molecule has 2 N–H and O–H groups in total. The van der Waals surface area contributed by atoms with Gasteiger partial charge in [0.15, 0.2) is 0 Å². The van der Waals surface area contributed by atoms with Crippen LogP contribution in [0, 0.1) is 5.82 Å². The van der Waals surface area contributed by atoms with Crippen LogP contribution in [0.25, 0.3) is 21.9 Å². The molecule has 1 unspecified atom stereocenters. The maximum atomic E-state index is 14.4. The molecule has 4 nitrogen and oxygen atoms in total. The van der Waals surface area contributed by atoms with Gasteiger partial charge in [-0.15, -0.1) is 0 Å². The highest BCUT2D eigenvalue weighted by Gasteiger charge is 2.57. The van der Waals surface area contributed by atoms with Gasteiger partial charge in [-0.1, -0.05) is 36.4 Å². The van der Waals surface area contributed by atoms with Gasteiger partial charge in [0.2, 0.25) is 5.60 Å². The van der Waals surface area contributed by atoms with Gasteiger partial charge in [-0.05, 0) is 41.5 Å². The van der Waals surface area contributed by atoms with Gasteiger partial charge in [-0.3, -0.25) is 0 Å². The monoisotopic (exact) mass is 453 g/mol. The number of para-hydroxylation sites is 1. The molecule has 2 heterocycles. The van der Waals surface area contributed by atoms with Gasteiger partial charge >= 0.3 is 6.18 Å². The van der Waals surface area contributed by atoms with Crippen LogP contribution in [0.1, 0.15) is 22.5 Å². The van der Waals surface area contributed by atoms with Crippen LogP contribution in [0.15, 0.2) is 72.9 Å². The molecule has 0 radical (unpaired) electrons. The fourth-order valence-electron chi connectivity index (χ4n) is 4.27. The third kappa shape index (κ3) is 3.47. The van der Waals surface area contributed by atoms with Crippen LogP contribution in [0.5, 0.6) is 0 Å². The SMILES string of the molecule is Cn1cc(C(O)(c2ccc3nc(Cc4ccc(F)cc4)[nH]c3c2)C(F)(F)F)c2ccccc21. The summed E-state index contributed by atoms with van der Waals surface area (Å²) >= 11 is 0. The molecular formula is C25H19F4N3O. The normalized spacial score (nSPS) is 14.1. The Kier molecular flexibility index (Phi) is 4.79. The molecule has 33 heavy (non-hydrogen) atoms. The lowest BCUT2D eigenvalue weighted by Crippen LogP contribution is -2.43. The summed E-state index contributed by atoms with van der Waals surface area (Å²) in [5.74, 6) is 0.169. The van der Waals surface area contributed by atoms with Crippen molar-refractivity contribution in [3.05, 3.63) is 101 Å². The summed E-state index contributed by atoms with van der Waals surface area (Å²) < 4.78 is 58.0. The third-order valence-corrected chi connectivity index (χ3v) is 5.93. The van der Waals surface area contributed by atoms with Crippen molar-refractivity contribution in [3.63, 3.8) is 0 Å². The van der Waals surface area contributed by atoms with Crippen LogP contribution >= 0.6 is 0 Å². The van der Waals surface area contributed by atoms with Crippen molar-refractivity contribution in [1.82, 2.24) is 14.5 Å². The molecule has 5 rings (SSSR count). The molecule has 0 aliphatic heterocycles. The number of imidazole rings is 1. The van der Waals surface area contributed by atoms with Crippen molar-refractivity contribution in [2.24, 2.45) is 7.05 Å². The molecule has 8 heteroatoms. The summed E-state index contributed by atoms with van der Waals surface area (Å²) in [5.41, 5.74) is -1.54. The summed E-state index contributed by atoms with van der Waals surface area (Å²) in [5, 5.41) is 11.5. The fraction of sp³-hybridized carbons (Fsp3) is 0.160. The Morgan fingerprint density at radius 1 is 1.00 bits per heavy atom. The summed E-state index contributed by atoms with van der Waals surface area (Å²) in [6.07, 6.45) is -3.30. The average Bonchev–Trinajstić information content (AvgIpc) is 3.34. The Hall–Kier alpha value is -3.65. The number of fused-ring (bicyclic) bond motifs is 2. The van der Waals surface area contributed by atoms with E-state index in [2.05, 4.69) is 9.97 Å². The third-order valence-electron chi connectivity index (χ3n) is 5.93. The van der Waals surface area contributed by atoms with E-state index in [1.54, 1.807) is 48.0 Å². The minimum absolute atomic E-state index is 0.237. The summed E-state index contributed by atoms with van der Waals surface area (Å²) in [7, 11) is 1.64. The Morgan fingerprint density at radius 2 is 1.73 bits per heavy atom.